The van der Waals surface area contributed by atoms with Gasteiger partial charge in [0.25, 0.3) is 5.91 Å². The molecular weight excluding hydrogens is 288 g/mol. The molecule has 0 atom stereocenters. The highest BCUT2D eigenvalue weighted by Gasteiger charge is 2.14. The maximum Gasteiger partial charge on any atom is 0.272 e. The van der Waals surface area contributed by atoms with Crippen molar-refractivity contribution in [2.24, 2.45) is 0 Å². The van der Waals surface area contributed by atoms with E-state index in [1.807, 2.05) is 37.3 Å². The van der Waals surface area contributed by atoms with Crippen molar-refractivity contribution >= 4 is 11.7 Å². The number of anilines is 1. The normalized spacial score (nSPS) is 14.6. The van der Waals surface area contributed by atoms with Crippen LogP contribution in [0.15, 0.2) is 36.4 Å². The molecule has 0 unspecified atom stereocenters. The van der Waals surface area contributed by atoms with Gasteiger partial charge in [0, 0.05) is 19.6 Å². The van der Waals surface area contributed by atoms with Gasteiger partial charge in [-0.1, -0.05) is 29.8 Å². The van der Waals surface area contributed by atoms with E-state index in [0.717, 1.165) is 24.5 Å². The second-order valence-corrected chi connectivity index (χ2v) is 5.99. The number of hydrogen-bond acceptors (Lipinski definition) is 4. The molecule has 1 aliphatic heterocycles. The van der Waals surface area contributed by atoms with Gasteiger partial charge in [0.1, 0.15) is 0 Å². The van der Waals surface area contributed by atoms with E-state index >= 15 is 0 Å². The van der Waals surface area contributed by atoms with Gasteiger partial charge in [-0.25, -0.2) is 0 Å². The van der Waals surface area contributed by atoms with E-state index in [9.17, 15) is 4.79 Å². The van der Waals surface area contributed by atoms with Crippen LogP contribution in [0.2, 0.25) is 0 Å². The summed E-state index contributed by atoms with van der Waals surface area (Å²) >= 11 is 0. The molecule has 1 saturated heterocycles. The van der Waals surface area contributed by atoms with Gasteiger partial charge in [-0.05, 0) is 43.9 Å². The lowest BCUT2D eigenvalue weighted by Crippen LogP contribution is -2.31. The number of nitrogens with one attached hydrogen (secondary N) is 1. The molecule has 0 bridgehead atoms. The molecular formula is C18H22N4O. The van der Waals surface area contributed by atoms with Gasteiger partial charge in [-0.2, -0.15) is 0 Å². The van der Waals surface area contributed by atoms with Gasteiger partial charge in [-0.3, -0.25) is 4.79 Å². The third-order valence-electron chi connectivity index (χ3n) is 4.14. The van der Waals surface area contributed by atoms with Crippen molar-refractivity contribution in [1.82, 2.24) is 15.5 Å². The van der Waals surface area contributed by atoms with E-state index in [4.69, 9.17) is 0 Å². The summed E-state index contributed by atoms with van der Waals surface area (Å²) in [7, 11) is 0. The van der Waals surface area contributed by atoms with E-state index in [0.29, 0.717) is 12.2 Å². The number of hydrogen-bond donors (Lipinski definition) is 1. The molecule has 1 fully saturated rings. The predicted octanol–water partition coefficient (Wildman–Crippen LogP) is 2.71. The zero-order valence-corrected chi connectivity index (χ0v) is 13.5. The lowest BCUT2D eigenvalue weighted by molar-refractivity contribution is 0.0945. The quantitative estimate of drug-likeness (QED) is 0.943. The molecule has 2 aromatic rings. The maximum absolute atomic E-state index is 12.1. The Morgan fingerprint density at radius 3 is 2.43 bits per heavy atom. The topological polar surface area (TPSA) is 58.1 Å². The van der Waals surface area contributed by atoms with Crippen molar-refractivity contribution in [2.75, 3.05) is 18.0 Å². The van der Waals surface area contributed by atoms with Crippen molar-refractivity contribution in [2.45, 2.75) is 32.7 Å². The Labute approximate surface area is 136 Å². The summed E-state index contributed by atoms with van der Waals surface area (Å²) in [6, 6.07) is 11.7. The average molecular weight is 310 g/mol. The molecule has 1 amide bonds. The Kier molecular flexibility index (Phi) is 4.86. The Balaban J connectivity index is 1.57. The van der Waals surface area contributed by atoms with Crippen LogP contribution >= 0.6 is 0 Å². The van der Waals surface area contributed by atoms with Crippen LogP contribution in [-0.2, 0) is 6.54 Å². The number of rotatable bonds is 4. The van der Waals surface area contributed by atoms with Crippen molar-refractivity contribution in [3.63, 3.8) is 0 Å². The summed E-state index contributed by atoms with van der Waals surface area (Å²) in [6.07, 6.45) is 3.67. The summed E-state index contributed by atoms with van der Waals surface area (Å²) in [6.45, 7) is 4.58. The largest absolute Gasteiger partial charge is 0.355 e. The summed E-state index contributed by atoms with van der Waals surface area (Å²) in [5.74, 6) is 0.669. The van der Waals surface area contributed by atoms with Crippen LogP contribution in [0.4, 0.5) is 5.82 Å². The number of benzene rings is 1. The molecule has 0 radical (unpaired) electrons. The first-order valence-corrected chi connectivity index (χ1v) is 8.15. The van der Waals surface area contributed by atoms with Crippen LogP contribution in [-0.4, -0.2) is 29.2 Å². The van der Waals surface area contributed by atoms with Gasteiger partial charge in [-0.15, -0.1) is 10.2 Å². The summed E-state index contributed by atoms with van der Waals surface area (Å²) in [5.41, 5.74) is 2.64. The number of nitrogens with zero attached hydrogens (tertiary/aromatic N) is 3. The third-order valence-corrected chi connectivity index (χ3v) is 4.14. The minimum absolute atomic E-state index is 0.191. The van der Waals surface area contributed by atoms with E-state index in [-0.39, 0.29) is 5.91 Å². The molecule has 120 valence electrons. The highest BCUT2D eigenvalue weighted by atomic mass is 16.1. The summed E-state index contributed by atoms with van der Waals surface area (Å²) in [5, 5.41) is 11.2. The van der Waals surface area contributed by atoms with Crippen LogP contribution in [0.25, 0.3) is 0 Å². The molecule has 1 aromatic carbocycles. The molecule has 2 heterocycles. The van der Waals surface area contributed by atoms with Gasteiger partial charge in [0.2, 0.25) is 0 Å². The summed E-state index contributed by atoms with van der Waals surface area (Å²) < 4.78 is 0. The Bertz CT molecular complexity index is 646. The first kappa shape index (κ1) is 15.5. The fourth-order valence-electron chi connectivity index (χ4n) is 2.72. The molecule has 1 aromatic heterocycles. The van der Waals surface area contributed by atoms with Crippen LogP contribution in [0.5, 0.6) is 0 Å². The zero-order chi connectivity index (χ0) is 16.1. The molecule has 1 N–H and O–H groups in total. The number of aromatic nitrogens is 2. The zero-order valence-electron chi connectivity index (χ0n) is 13.5. The van der Waals surface area contributed by atoms with Gasteiger partial charge < -0.3 is 10.2 Å². The average Bonchev–Trinajstić information content (AvgIpc) is 2.62. The van der Waals surface area contributed by atoms with E-state index in [1.54, 1.807) is 6.07 Å². The van der Waals surface area contributed by atoms with Gasteiger partial charge >= 0.3 is 0 Å². The van der Waals surface area contributed by atoms with Crippen molar-refractivity contribution in [3.8, 4) is 0 Å². The Morgan fingerprint density at radius 2 is 1.78 bits per heavy atom. The molecule has 23 heavy (non-hydrogen) atoms. The number of piperidine rings is 1. The standard InChI is InChI=1S/C18H22N4O/c1-14-5-7-15(8-6-14)13-19-18(23)16-9-10-17(21-20-16)22-11-3-2-4-12-22/h5-10H,2-4,11-13H2,1H3,(H,19,23). The van der Waals surface area contributed by atoms with Gasteiger partial charge in [0.05, 0.1) is 0 Å². The second kappa shape index (κ2) is 7.22. The highest BCUT2D eigenvalue weighted by Crippen LogP contribution is 2.16. The predicted molar refractivity (Wildman–Crippen MR) is 90.4 cm³/mol. The second-order valence-electron chi connectivity index (χ2n) is 5.99. The number of carbonyl (C=O) groups excluding carboxylic acids is 1. The molecule has 0 aliphatic carbocycles. The van der Waals surface area contributed by atoms with E-state index < -0.39 is 0 Å². The van der Waals surface area contributed by atoms with E-state index in [2.05, 4.69) is 20.4 Å². The minimum atomic E-state index is -0.191. The first-order chi connectivity index (χ1) is 11.2. The van der Waals surface area contributed by atoms with Crippen LogP contribution < -0.4 is 10.2 Å². The van der Waals surface area contributed by atoms with Crippen molar-refractivity contribution in [1.29, 1.82) is 0 Å². The molecule has 0 spiro atoms. The van der Waals surface area contributed by atoms with Crippen LogP contribution in [0.1, 0.15) is 40.9 Å². The summed E-state index contributed by atoms with van der Waals surface area (Å²) in [4.78, 5) is 14.4. The molecule has 5 heteroatoms. The molecule has 3 rings (SSSR count). The maximum atomic E-state index is 12.1. The van der Waals surface area contributed by atoms with Crippen molar-refractivity contribution in [3.05, 3.63) is 53.2 Å². The number of aryl methyl sites for hydroxylation is 1. The number of amides is 1. The molecule has 0 saturated carbocycles. The fourth-order valence-corrected chi connectivity index (χ4v) is 2.72. The highest BCUT2D eigenvalue weighted by molar-refractivity contribution is 5.92. The Morgan fingerprint density at radius 1 is 1.04 bits per heavy atom. The first-order valence-electron chi connectivity index (χ1n) is 8.15. The Hall–Kier alpha value is -2.43. The number of carbonyl (C=O) groups is 1. The third kappa shape index (κ3) is 4.06. The minimum Gasteiger partial charge on any atom is -0.355 e. The smallest absolute Gasteiger partial charge is 0.272 e. The van der Waals surface area contributed by atoms with Crippen molar-refractivity contribution < 1.29 is 4.79 Å². The monoisotopic (exact) mass is 310 g/mol. The fraction of sp³-hybridized carbons (Fsp3) is 0.389. The molecule has 1 aliphatic rings. The van der Waals surface area contributed by atoms with Gasteiger partial charge in [0.15, 0.2) is 11.5 Å². The lowest BCUT2D eigenvalue weighted by Gasteiger charge is -2.27. The van der Waals surface area contributed by atoms with Crippen LogP contribution in [0, 0.1) is 6.92 Å². The molecule has 5 nitrogen and oxygen atoms in total. The van der Waals surface area contributed by atoms with E-state index in [1.165, 1.54) is 24.8 Å². The SMILES string of the molecule is Cc1ccc(CNC(=O)c2ccc(N3CCCCC3)nn2)cc1. The van der Waals surface area contributed by atoms with Crippen LogP contribution in [0.3, 0.4) is 0 Å². The lowest BCUT2D eigenvalue weighted by atomic mass is 10.1.